The molecule has 6 heteroatoms. The van der Waals surface area contributed by atoms with E-state index >= 15 is 0 Å². The molecule has 3 rings (SSSR count). The number of carbonyl (C=O) groups is 2. The second-order valence-electron chi connectivity index (χ2n) is 5.32. The zero-order chi connectivity index (χ0) is 14.7. The monoisotopic (exact) mass is 289 g/mol. The molecule has 2 aliphatic heterocycles. The van der Waals surface area contributed by atoms with Gasteiger partial charge in [0.05, 0.1) is 13.2 Å². The van der Waals surface area contributed by atoms with Crippen molar-refractivity contribution in [1.29, 1.82) is 0 Å². The first kappa shape index (κ1) is 13.7. The number of hydrogen-bond donors (Lipinski definition) is 2. The molecule has 1 fully saturated rings. The van der Waals surface area contributed by atoms with E-state index in [1.807, 2.05) is 12.1 Å². The van der Waals surface area contributed by atoms with Gasteiger partial charge in [-0.05, 0) is 36.6 Å². The summed E-state index contributed by atoms with van der Waals surface area (Å²) < 4.78 is 5.42. The van der Waals surface area contributed by atoms with Crippen molar-refractivity contribution in [3.63, 3.8) is 0 Å². The number of carbonyl (C=O) groups excluding carboxylic acids is 2. The van der Waals surface area contributed by atoms with Crippen LogP contribution in [0.15, 0.2) is 18.2 Å². The van der Waals surface area contributed by atoms with Gasteiger partial charge in [0.2, 0.25) is 5.91 Å². The molecule has 6 nitrogen and oxygen atoms in total. The SMILES string of the molecule is O=C(NCC(=O)N1CCCC1)Nc1ccc2c(c1)CCO2. The number of nitrogens with one attached hydrogen (secondary N) is 2. The lowest BCUT2D eigenvalue weighted by Crippen LogP contribution is -2.40. The fourth-order valence-electron chi connectivity index (χ4n) is 2.67. The largest absolute Gasteiger partial charge is 0.493 e. The van der Waals surface area contributed by atoms with Gasteiger partial charge >= 0.3 is 6.03 Å². The number of likely N-dealkylation sites (tertiary alicyclic amines) is 1. The Morgan fingerprint density at radius 3 is 2.86 bits per heavy atom. The molecule has 1 aromatic carbocycles. The first-order chi connectivity index (χ1) is 10.2. The Morgan fingerprint density at radius 2 is 2.05 bits per heavy atom. The number of ether oxygens (including phenoxy) is 1. The van der Waals surface area contributed by atoms with Crippen molar-refractivity contribution in [3.8, 4) is 5.75 Å². The van der Waals surface area contributed by atoms with Crippen LogP contribution < -0.4 is 15.4 Å². The van der Waals surface area contributed by atoms with Gasteiger partial charge in [-0.1, -0.05) is 0 Å². The molecule has 0 aliphatic carbocycles. The summed E-state index contributed by atoms with van der Waals surface area (Å²) in [4.78, 5) is 25.4. The summed E-state index contributed by atoms with van der Waals surface area (Å²) in [7, 11) is 0. The van der Waals surface area contributed by atoms with Gasteiger partial charge < -0.3 is 20.3 Å². The second-order valence-corrected chi connectivity index (χ2v) is 5.32. The van der Waals surface area contributed by atoms with Crippen molar-refractivity contribution in [2.45, 2.75) is 19.3 Å². The van der Waals surface area contributed by atoms with Crippen molar-refractivity contribution < 1.29 is 14.3 Å². The molecule has 1 aromatic rings. The van der Waals surface area contributed by atoms with Crippen LogP contribution in [0.5, 0.6) is 5.75 Å². The van der Waals surface area contributed by atoms with Crippen molar-refractivity contribution in [3.05, 3.63) is 23.8 Å². The van der Waals surface area contributed by atoms with Crippen molar-refractivity contribution in [1.82, 2.24) is 10.2 Å². The summed E-state index contributed by atoms with van der Waals surface area (Å²) in [5.74, 6) is 0.857. The van der Waals surface area contributed by atoms with Crippen LogP contribution in [-0.4, -0.2) is 43.1 Å². The number of urea groups is 1. The molecule has 112 valence electrons. The fraction of sp³-hybridized carbons (Fsp3) is 0.467. The molecule has 0 atom stereocenters. The van der Waals surface area contributed by atoms with Crippen LogP contribution in [0, 0.1) is 0 Å². The summed E-state index contributed by atoms with van der Waals surface area (Å²) in [6, 6.07) is 5.20. The number of fused-ring (bicyclic) bond motifs is 1. The van der Waals surface area contributed by atoms with Gasteiger partial charge in [-0.3, -0.25) is 4.79 Å². The zero-order valence-electron chi connectivity index (χ0n) is 11.9. The lowest BCUT2D eigenvalue weighted by atomic mass is 10.1. The highest BCUT2D eigenvalue weighted by atomic mass is 16.5. The summed E-state index contributed by atoms with van der Waals surface area (Å²) >= 11 is 0. The van der Waals surface area contributed by atoms with Gasteiger partial charge in [0.1, 0.15) is 5.75 Å². The number of anilines is 1. The molecule has 0 saturated carbocycles. The highest BCUT2D eigenvalue weighted by molar-refractivity contribution is 5.92. The molecule has 0 aromatic heterocycles. The quantitative estimate of drug-likeness (QED) is 0.883. The third-order valence-electron chi connectivity index (χ3n) is 3.81. The molecule has 3 amide bonds. The van der Waals surface area contributed by atoms with Crippen LogP contribution >= 0.6 is 0 Å². The Kier molecular flexibility index (Phi) is 3.94. The lowest BCUT2D eigenvalue weighted by Gasteiger charge is -2.15. The van der Waals surface area contributed by atoms with Gasteiger partial charge in [0.25, 0.3) is 0 Å². The maximum absolute atomic E-state index is 11.8. The molecule has 2 N–H and O–H groups in total. The van der Waals surface area contributed by atoms with Crippen molar-refractivity contribution in [2.75, 3.05) is 31.6 Å². The third kappa shape index (κ3) is 3.26. The summed E-state index contributed by atoms with van der Waals surface area (Å²) in [6.45, 7) is 2.33. The zero-order valence-corrected chi connectivity index (χ0v) is 11.9. The Morgan fingerprint density at radius 1 is 1.24 bits per heavy atom. The number of rotatable bonds is 3. The van der Waals surface area contributed by atoms with Gasteiger partial charge in [-0.25, -0.2) is 4.79 Å². The fourth-order valence-corrected chi connectivity index (χ4v) is 2.67. The van der Waals surface area contributed by atoms with E-state index in [-0.39, 0.29) is 18.5 Å². The van der Waals surface area contributed by atoms with Gasteiger partial charge in [0, 0.05) is 25.2 Å². The van der Waals surface area contributed by atoms with E-state index in [4.69, 9.17) is 4.74 Å². The van der Waals surface area contributed by atoms with Gasteiger partial charge in [-0.2, -0.15) is 0 Å². The Bertz CT molecular complexity index is 553. The highest BCUT2D eigenvalue weighted by Crippen LogP contribution is 2.27. The number of benzene rings is 1. The number of nitrogens with zero attached hydrogens (tertiary/aromatic N) is 1. The second kappa shape index (κ2) is 6.03. The van der Waals surface area contributed by atoms with E-state index in [9.17, 15) is 9.59 Å². The predicted octanol–water partition coefficient (Wildman–Crippen LogP) is 1.37. The Labute approximate surface area is 123 Å². The van der Waals surface area contributed by atoms with Crippen molar-refractivity contribution in [2.24, 2.45) is 0 Å². The summed E-state index contributed by atoms with van der Waals surface area (Å²) in [5, 5.41) is 5.34. The molecule has 0 radical (unpaired) electrons. The minimum atomic E-state index is -0.360. The lowest BCUT2D eigenvalue weighted by molar-refractivity contribution is -0.128. The summed E-state index contributed by atoms with van der Waals surface area (Å²) in [5.41, 5.74) is 1.81. The van der Waals surface area contributed by atoms with Crippen LogP contribution in [0.1, 0.15) is 18.4 Å². The average Bonchev–Trinajstić information content (AvgIpc) is 3.15. The van der Waals surface area contributed by atoms with Gasteiger partial charge in [0.15, 0.2) is 0 Å². The van der Waals surface area contributed by atoms with Gasteiger partial charge in [-0.15, -0.1) is 0 Å². The Hall–Kier alpha value is -2.24. The average molecular weight is 289 g/mol. The maximum atomic E-state index is 11.8. The maximum Gasteiger partial charge on any atom is 0.319 e. The minimum Gasteiger partial charge on any atom is -0.493 e. The van der Waals surface area contributed by atoms with Crippen LogP contribution in [0.2, 0.25) is 0 Å². The van der Waals surface area contributed by atoms with E-state index in [1.54, 1.807) is 11.0 Å². The molecular weight excluding hydrogens is 270 g/mol. The minimum absolute atomic E-state index is 0.0231. The third-order valence-corrected chi connectivity index (χ3v) is 3.81. The van der Waals surface area contributed by atoms with Crippen LogP contribution in [0.4, 0.5) is 10.5 Å². The van der Waals surface area contributed by atoms with Crippen LogP contribution in [0.3, 0.4) is 0 Å². The topological polar surface area (TPSA) is 70.7 Å². The smallest absolute Gasteiger partial charge is 0.319 e. The van der Waals surface area contributed by atoms with E-state index < -0.39 is 0 Å². The van der Waals surface area contributed by atoms with E-state index in [0.717, 1.165) is 43.7 Å². The predicted molar refractivity (Wildman–Crippen MR) is 78.5 cm³/mol. The molecule has 1 saturated heterocycles. The van der Waals surface area contributed by atoms with E-state index in [2.05, 4.69) is 10.6 Å². The summed E-state index contributed by atoms with van der Waals surface area (Å²) in [6.07, 6.45) is 2.96. The molecular formula is C15H19N3O3. The number of hydrogen-bond acceptors (Lipinski definition) is 3. The van der Waals surface area contributed by atoms with Crippen molar-refractivity contribution >= 4 is 17.6 Å². The number of amides is 3. The first-order valence-corrected chi connectivity index (χ1v) is 7.31. The van der Waals surface area contributed by atoms with Crippen LogP contribution in [0.25, 0.3) is 0 Å². The molecule has 2 aliphatic rings. The molecule has 2 heterocycles. The van der Waals surface area contributed by atoms with Crippen LogP contribution in [-0.2, 0) is 11.2 Å². The molecule has 21 heavy (non-hydrogen) atoms. The standard InChI is InChI=1S/C15H19N3O3/c19-14(18-6-1-2-7-18)10-16-15(20)17-12-3-4-13-11(9-12)5-8-21-13/h3-4,9H,1-2,5-8,10H2,(H2,16,17,20). The molecule has 0 bridgehead atoms. The molecule has 0 spiro atoms. The first-order valence-electron chi connectivity index (χ1n) is 7.31. The molecule has 0 unspecified atom stereocenters. The normalized spacial score (nSPS) is 16.3. The van der Waals surface area contributed by atoms with E-state index in [1.165, 1.54) is 0 Å². The Balaban J connectivity index is 1.48. The van der Waals surface area contributed by atoms with E-state index in [0.29, 0.717) is 12.3 Å². The highest BCUT2D eigenvalue weighted by Gasteiger charge is 2.18.